The van der Waals surface area contributed by atoms with Crippen LogP contribution in [-0.2, 0) is 4.79 Å². The fourth-order valence-corrected chi connectivity index (χ4v) is 0.549. The molecule has 0 aromatic heterocycles. The molecule has 0 heterocycles. The smallest absolute Gasteiger partial charge is 0.341 e. The average Bonchev–Trinajstić information content (AvgIpc) is 2.00. The second kappa shape index (κ2) is 6.22. The highest BCUT2D eigenvalue weighted by Crippen LogP contribution is 1.99. The number of rotatable bonds is 1. The van der Waals surface area contributed by atoms with Crippen LogP contribution in [0.15, 0.2) is 0 Å². The second-order valence-corrected chi connectivity index (χ2v) is 2.35. The number of amides is 3. The number of aliphatic hydroxyl groups excluding tert-OH is 1. The van der Waals surface area contributed by atoms with Gasteiger partial charge in [0.1, 0.15) is 6.61 Å². The average molecular weight is 262 g/mol. The Balaban J connectivity index is 0. The van der Waals surface area contributed by atoms with E-state index in [1.54, 1.807) is 0 Å². The van der Waals surface area contributed by atoms with E-state index in [-0.39, 0.29) is 17.0 Å². The molecule has 12 heavy (non-hydrogen) atoms. The lowest BCUT2D eigenvalue weighted by Crippen LogP contribution is -2.38. The van der Waals surface area contributed by atoms with Gasteiger partial charge < -0.3 is 10.0 Å². The number of hydrogen-bond donors (Lipinski definition) is 1. The molecule has 0 atom stereocenters. The molecule has 1 N–H and O–H groups in total. The first-order valence-electron chi connectivity index (χ1n) is 2.81. The van der Waals surface area contributed by atoms with Gasteiger partial charge in [-0.1, -0.05) is 0 Å². The Morgan fingerprint density at radius 2 is 1.83 bits per heavy atom. The van der Waals surface area contributed by atoms with Crippen LogP contribution in [-0.4, -0.2) is 47.1 Å². The predicted octanol–water partition coefficient (Wildman–Crippen LogP) is 0.221. The van der Waals surface area contributed by atoms with Crippen molar-refractivity contribution >= 4 is 40.7 Å². The first-order valence-corrected chi connectivity index (χ1v) is 3.15. The third kappa shape index (κ3) is 3.89. The van der Waals surface area contributed by atoms with Gasteiger partial charge in [-0.2, -0.15) is 4.42 Å². The fraction of sp³-hybridized carbons (Fsp3) is 0.600. The van der Waals surface area contributed by atoms with Crippen molar-refractivity contribution in [3.63, 3.8) is 0 Å². The van der Waals surface area contributed by atoms with Gasteiger partial charge in [0.2, 0.25) is 0 Å². The van der Waals surface area contributed by atoms with Gasteiger partial charge in [-0.3, -0.25) is 4.79 Å². The molecule has 72 valence electrons. The molecule has 0 fully saturated rings. The van der Waals surface area contributed by atoms with Crippen LogP contribution in [0.3, 0.4) is 0 Å². The van der Waals surface area contributed by atoms with Gasteiger partial charge in [-0.05, 0) is 0 Å². The second-order valence-electron chi connectivity index (χ2n) is 2.01. The zero-order valence-corrected chi connectivity index (χ0v) is 9.12. The minimum Gasteiger partial charge on any atom is -0.386 e. The molecule has 3 amide bonds. The first kappa shape index (κ1) is 14.2. The number of carbonyl (C=O) groups excluding carboxylic acids is 2. The third-order valence-electron chi connectivity index (χ3n) is 0.905. The van der Waals surface area contributed by atoms with Gasteiger partial charge in [0.05, 0.1) is 0 Å². The lowest BCUT2D eigenvalue weighted by atomic mass is 10.6. The summed E-state index contributed by atoms with van der Waals surface area (Å²) in [5.74, 6) is -0.842. The minimum atomic E-state index is -0.842. The summed E-state index contributed by atoms with van der Waals surface area (Å²) in [6, 6.07) is -0.675. The maximum absolute atomic E-state index is 10.8. The molecule has 0 spiro atoms. The molecule has 0 saturated heterocycles. The Labute approximate surface area is 85.8 Å². The Hall–Kier alpha value is -0.330. The van der Waals surface area contributed by atoms with Crippen LogP contribution in [0.4, 0.5) is 4.79 Å². The maximum Gasteiger partial charge on any atom is 0.341 e. The van der Waals surface area contributed by atoms with E-state index in [9.17, 15) is 9.59 Å². The molecule has 0 aliphatic heterocycles. The van der Waals surface area contributed by atoms with Crippen LogP contribution in [0.5, 0.6) is 0 Å². The van der Waals surface area contributed by atoms with Gasteiger partial charge in [0.15, 0.2) is 0 Å². The van der Waals surface area contributed by atoms with Crippen molar-refractivity contribution in [1.82, 2.24) is 9.32 Å². The lowest BCUT2D eigenvalue weighted by molar-refractivity contribution is -0.127. The summed E-state index contributed by atoms with van der Waals surface area (Å²) in [7, 11) is 2.89. The number of imide groups is 1. The van der Waals surface area contributed by atoms with E-state index in [1.165, 1.54) is 14.1 Å². The SMILES string of the molecule is Br.CN(C)C(=O)N(Cl)C(=O)CO. The highest BCUT2D eigenvalue weighted by molar-refractivity contribution is 8.93. The third-order valence-corrected chi connectivity index (χ3v) is 1.24. The molecule has 0 rings (SSSR count). The van der Waals surface area contributed by atoms with Gasteiger partial charge >= 0.3 is 6.03 Å². The molecule has 7 heteroatoms. The standard InChI is InChI=1S/C5H9ClN2O3.BrH/c1-7(2)5(11)8(6)4(10)3-9;/h9H,3H2,1-2H3;1H. The van der Waals surface area contributed by atoms with E-state index >= 15 is 0 Å². The summed E-state index contributed by atoms with van der Waals surface area (Å²) in [6.07, 6.45) is 0. The summed E-state index contributed by atoms with van der Waals surface area (Å²) < 4.78 is 0.333. The van der Waals surface area contributed by atoms with Crippen LogP contribution < -0.4 is 0 Å². The molecular formula is C5H10BrClN2O3. The van der Waals surface area contributed by atoms with Crippen molar-refractivity contribution in [2.75, 3.05) is 20.7 Å². The number of hydrogen-bond acceptors (Lipinski definition) is 3. The van der Waals surface area contributed by atoms with Crippen LogP contribution in [0.25, 0.3) is 0 Å². The highest BCUT2D eigenvalue weighted by atomic mass is 79.9. The largest absolute Gasteiger partial charge is 0.386 e. The van der Waals surface area contributed by atoms with Crippen LogP contribution in [0, 0.1) is 0 Å². The zero-order chi connectivity index (χ0) is 9.02. The maximum atomic E-state index is 10.8. The summed E-state index contributed by atoms with van der Waals surface area (Å²) in [6.45, 7) is -0.775. The van der Waals surface area contributed by atoms with Crippen molar-refractivity contribution in [3.05, 3.63) is 0 Å². The van der Waals surface area contributed by atoms with Crippen molar-refractivity contribution in [2.45, 2.75) is 0 Å². The molecule has 0 unspecified atom stereocenters. The van der Waals surface area contributed by atoms with Crippen molar-refractivity contribution in [1.29, 1.82) is 0 Å². The van der Waals surface area contributed by atoms with Crippen molar-refractivity contribution < 1.29 is 14.7 Å². The molecule has 0 aromatic carbocycles. The van der Waals surface area contributed by atoms with E-state index in [0.717, 1.165) is 4.90 Å². The molecule has 0 aromatic rings. The van der Waals surface area contributed by atoms with E-state index in [2.05, 4.69) is 0 Å². The van der Waals surface area contributed by atoms with E-state index in [4.69, 9.17) is 16.9 Å². The van der Waals surface area contributed by atoms with E-state index in [0.29, 0.717) is 4.42 Å². The van der Waals surface area contributed by atoms with Crippen molar-refractivity contribution in [3.8, 4) is 0 Å². The molecule has 5 nitrogen and oxygen atoms in total. The summed E-state index contributed by atoms with van der Waals surface area (Å²) in [4.78, 5) is 22.5. The number of urea groups is 1. The predicted molar refractivity (Wildman–Crippen MR) is 49.2 cm³/mol. The quantitative estimate of drug-likeness (QED) is 0.687. The minimum absolute atomic E-state index is 0. The molecule has 0 radical (unpaired) electrons. The number of nitrogens with zero attached hydrogens (tertiary/aromatic N) is 2. The number of carbonyl (C=O) groups is 2. The van der Waals surface area contributed by atoms with E-state index in [1.807, 2.05) is 0 Å². The molecule has 0 bridgehead atoms. The normalized spacial score (nSPS) is 8.33. The zero-order valence-electron chi connectivity index (χ0n) is 6.65. The molecule has 0 saturated carbocycles. The van der Waals surface area contributed by atoms with Gasteiger partial charge in [0, 0.05) is 25.9 Å². The lowest BCUT2D eigenvalue weighted by Gasteiger charge is -2.15. The number of halogens is 2. The van der Waals surface area contributed by atoms with Crippen LogP contribution in [0.1, 0.15) is 0 Å². The topological polar surface area (TPSA) is 60.9 Å². The van der Waals surface area contributed by atoms with Gasteiger partial charge in [0.25, 0.3) is 5.91 Å². The Kier molecular flexibility index (Phi) is 7.36. The summed E-state index contributed by atoms with van der Waals surface area (Å²) in [5, 5.41) is 8.29. The van der Waals surface area contributed by atoms with Gasteiger partial charge in [-0.15, -0.1) is 17.0 Å². The molecule has 0 aliphatic rings. The fourth-order valence-electron chi connectivity index (χ4n) is 0.344. The Bertz CT molecular complexity index is 176. The number of aliphatic hydroxyl groups is 1. The van der Waals surface area contributed by atoms with Crippen LogP contribution in [0.2, 0.25) is 0 Å². The highest BCUT2D eigenvalue weighted by Gasteiger charge is 2.19. The molecular weight excluding hydrogens is 251 g/mol. The Morgan fingerprint density at radius 1 is 1.42 bits per heavy atom. The van der Waals surface area contributed by atoms with E-state index < -0.39 is 18.5 Å². The summed E-state index contributed by atoms with van der Waals surface area (Å²) >= 11 is 5.21. The summed E-state index contributed by atoms with van der Waals surface area (Å²) in [5.41, 5.74) is 0. The van der Waals surface area contributed by atoms with Crippen LogP contribution >= 0.6 is 28.8 Å². The van der Waals surface area contributed by atoms with Crippen molar-refractivity contribution in [2.24, 2.45) is 0 Å². The monoisotopic (exact) mass is 260 g/mol. The Morgan fingerprint density at radius 3 is 2.08 bits per heavy atom. The van der Waals surface area contributed by atoms with Gasteiger partial charge in [-0.25, -0.2) is 4.79 Å². The molecule has 0 aliphatic carbocycles. The first-order chi connectivity index (χ1) is 5.00.